The van der Waals surface area contributed by atoms with Crippen LogP contribution >= 0.6 is 0 Å². The summed E-state index contributed by atoms with van der Waals surface area (Å²) in [5.74, 6) is -0.546. The summed E-state index contributed by atoms with van der Waals surface area (Å²) in [4.78, 5) is 40.8. The lowest BCUT2D eigenvalue weighted by molar-refractivity contribution is -0.141. The standard InChI is InChI=1S/C24H20F3N7O2/c1-28-19-15-6-8-18(24(25,26)27)31-21(15)34(14-4-3-9-29-11-14)23(36)20(19)32-22(35)13-5-7-16-17(10-13)33(2)12-30-16/h3-12,16-17,28H,1-2H3,(H,32,35). The van der Waals surface area contributed by atoms with Crippen LogP contribution in [0.5, 0.6) is 0 Å². The molecule has 2 N–H and O–H groups in total. The quantitative estimate of drug-likeness (QED) is 0.577. The van der Waals surface area contributed by atoms with Gasteiger partial charge in [0.2, 0.25) is 0 Å². The molecule has 2 unspecified atom stereocenters. The molecule has 0 radical (unpaired) electrons. The highest BCUT2D eigenvalue weighted by Crippen LogP contribution is 2.34. The summed E-state index contributed by atoms with van der Waals surface area (Å²) < 4.78 is 41.4. The minimum absolute atomic E-state index is 0.100. The van der Waals surface area contributed by atoms with Crippen molar-refractivity contribution < 1.29 is 18.0 Å². The number of amides is 1. The number of pyridine rings is 3. The number of carbonyl (C=O) groups excluding carboxylic acids is 1. The van der Waals surface area contributed by atoms with Crippen LogP contribution in [0.2, 0.25) is 0 Å². The number of rotatable bonds is 4. The number of fused-ring (bicyclic) bond motifs is 2. The third kappa shape index (κ3) is 3.89. The number of hydrogen-bond donors (Lipinski definition) is 2. The Morgan fingerprint density at radius 1 is 1.17 bits per heavy atom. The lowest BCUT2D eigenvalue weighted by Gasteiger charge is -2.24. The lowest BCUT2D eigenvalue weighted by Crippen LogP contribution is -2.34. The van der Waals surface area contributed by atoms with Gasteiger partial charge < -0.3 is 15.5 Å². The number of alkyl halides is 3. The third-order valence-corrected chi connectivity index (χ3v) is 6.03. The summed E-state index contributed by atoms with van der Waals surface area (Å²) in [5.41, 5.74) is -1.61. The largest absolute Gasteiger partial charge is 0.433 e. The Labute approximate surface area is 202 Å². The minimum Gasteiger partial charge on any atom is -0.386 e. The van der Waals surface area contributed by atoms with Crippen molar-refractivity contribution in [3.8, 4) is 5.69 Å². The molecule has 0 saturated heterocycles. The van der Waals surface area contributed by atoms with Gasteiger partial charge in [0.05, 0.1) is 36.0 Å². The van der Waals surface area contributed by atoms with Crippen molar-refractivity contribution in [3.05, 3.63) is 76.5 Å². The van der Waals surface area contributed by atoms with E-state index in [1.54, 1.807) is 30.6 Å². The zero-order valence-electron chi connectivity index (χ0n) is 19.1. The van der Waals surface area contributed by atoms with Crippen LogP contribution in [0, 0.1) is 0 Å². The van der Waals surface area contributed by atoms with Gasteiger partial charge in [-0.05, 0) is 30.3 Å². The molecule has 3 aromatic rings. The van der Waals surface area contributed by atoms with Crippen molar-refractivity contribution in [2.75, 3.05) is 24.7 Å². The van der Waals surface area contributed by atoms with Gasteiger partial charge in [0.15, 0.2) is 0 Å². The molecule has 12 heteroatoms. The first-order chi connectivity index (χ1) is 17.2. The van der Waals surface area contributed by atoms with Gasteiger partial charge in [-0.15, -0.1) is 0 Å². The number of halogens is 3. The van der Waals surface area contributed by atoms with Crippen LogP contribution in [0.1, 0.15) is 5.69 Å². The average molecular weight is 495 g/mol. The number of nitrogens with one attached hydrogen (secondary N) is 2. The van der Waals surface area contributed by atoms with Crippen molar-refractivity contribution >= 4 is 34.7 Å². The molecule has 2 atom stereocenters. The molecule has 36 heavy (non-hydrogen) atoms. The van der Waals surface area contributed by atoms with Gasteiger partial charge in [-0.1, -0.05) is 12.2 Å². The summed E-state index contributed by atoms with van der Waals surface area (Å²) >= 11 is 0. The molecule has 1 aliphatic heterocycles. The van der Waals surface area contributed by atoms with E-state index < -0.39 is 23.3 Å². The van der Waals surface area contributed by atoms with E-state index in [1.165, 1.54) is 31.6 Å². The number of likely N-dealkylation sites (N-methyl/N-ethyl adjacent to an activating group) is 1. The number of anilines is 2. The van der Waals surface area contributed by atoms with Gasteiger partial charge in [0.1, 0.15) is 17.0 Å². The molecule has 1 aliphatic carbocycles. The first-order valence-electron chi connectivity index (χ1n) is 10.9. The number of hydrogen-bond acceptors (Lipinski definition) is 7. The van der Waals surface area contributed by atoms with E-state index in [4.69, 9.17) is 0 Å². The fraction of sp³-hybridized carbons (Fsp3) is 0.208. The molecule has 0 aromatic carbocycles. The van der Waals surface area contributed by atoms with E-state index in [0.29, 0.717) is 5.57 Å². The van der Waals surface area contributed by atoms with Crippen LogP contribution in [0.3, 0.4) is 0 Å². The monoisotopic (exact) mass is 495 g/mol. The van der Waals surface area contributed by atoms with Crippen LogP contribution < -0.4 is 16.2 Å². The van der Waals surface area contributed by atoms with Crippen LogP contribution in [-0.2, 0) is 11.0 Å². The maximum absolute atomic E-state index is 13.7. The van der Waals surface area contributed by atoms with E-state index >= 15 is 0 Å². The molecule has 4 heterocycles. The molecule has 3 aromatic heterocycles. The lowest BCUT2D eigenvalue weighted by atomic mass is 9.98. The summed E-state index contributed by atoms with van der Waals surface area (Å²) in [7, 11) is 3.35. The molecule has 9 nitrogen and oxygen atoms in total. The Balaban J connectivity index is 1.67. The SMILES string of the molecule is CNc1c(NC(=O)C2=CC3C(C=C2)N=CN3C)c(=O)n(-c2cccnc2)c2nc(C(F)(F)F)ccc12. The Morgan fingerprint density at radius 3 is 2.67 bits per heavy atom. The van der Waals surface area contributed by atoms with Crippen LogP contribution in [0.4, 0.5) is 24.5 Å². The van der Waals surface area contributed by atoms with E-state index in [0.717, 1.165) is 10.6 Å². The maximum Gasteiger partial charge on any atom is 0.433 e. The molecule has 5 rings (SSSR count). The van der Waals surface area contributed by atoms with Gasteiger partial charge in [0.25, 0.3) is 11.5 Å². The van der Waals surface area contributed by atoms with Crippen molar-refractivity contribution in [3.63, 3.8) is 0 Å². The summed E-state index contributed by atoms with van der Waals surface area (Å²) in [6.07, 6.45) is 4.95. The van der Waals surface area contributed by atoms with Gasteiger partial charge in [-0.25, -0.2) is 4.98 Å². The third-order valence-electron chi connectivity index (χ3n) is 6.03. The first-order valence-corrected chi connectivity index (χ1v) is 10.9. The fourth-order valence-corrected chi connectivity index (χ4v) is 4.27. The molecular weight excluding hydrogens is 475 g/mol. The van der Waals surface area contributed by atoms with Crippen molar-refractivity contribution in [1.82, 2.24) is 19.4 Å². The fourth-order valence-electron chi connectivity index (χ4n) is 4.27. The molecule has 1 amide bonds. The van der Waals surface area contributed by atoms with Crippen molar-refractivity contribution in [2.24, 2.45) is 4.99 Å². The highest BCUT2D eigenvalue weighted by Gasteiger charge is 2.34. The average Bonchev–Trinajstić information content (AvgIpc) is 3.24. The second-order valence-electron chi connectivity index (χ2n) is 8.26. The number of nitrogens with zero attached hydrogens (tertiary/aromatic N) is 5. The van der Waals surface area contributed by atoms with Crippen LogP contribution in [0.15, 0.2) is 70.2 Å². The normalized spacial score (nSPS) is 18.8. The summed E-state index contributed by atoms with van der Waals surface area (Å²) in [6, 6.07) is 4.87. The van der Waals surface area contributed by atoms with Crippen LogP contribution in [-0.4, -0.2) is 57.9 Å². The van der Waals surface area contributed by atoms with Crippen molar-refractivity contribution in [2.45, 2.75) is 18.3 Å². The predicted molar refractivity (Wildman–Crippen MR) is 129 cm³/mol. The highest BCUT2D eigenvalue weighted by molar-refractivity contribution is 6.10. The smallest absolute Gasteiger partial charge is 0.386 e. The molecule has 2 aliphatic rings. The van der Waals surface area contributed by atoms with Gasteiger partial charge in [-0.3, -0.25) is 24.1 Å². The van der Waals surface area contributed by atoms with Gasteiger partial charge in [-0.2, -0.15) is 13.2 Å². The Kier molecular flexibility index (Phi) is 5.58. The molecule has 0 bridgehead atoms. The Morgan fingerprint density at radius 2 is 1.97 bits per heavy atom. The van der Waals surface area contributed by atoms with Gasteiger partial charge in [0, 0.05) is 31.3 Å². The van der Waals surface area contributed by atoms with E-state index in [2.05, 4.69) is 25.6 Å². The zero-order valence-corrected chi connectivity index (χ0v) is 19.1. The van der Waals surface area contributed by atoms with E-state index in [-0.39, 0.29) is 40.2 Å². The number of carbonyl (C=O) groups is 1. The van der Waals surface area contributed by atoms with E-state index in [1.807, 2.05) is 11.9 Å². The number of aliphatic imine (C=N–C) groups is 1. The molecule has 0 spiro atoms. The predicted octanol–water partition coefficient (Wildman–Crippen LogP) is 2.99. The maximum atomic E-state index is 13.7. The highest BCUT2D eigenvalue weighted by atomic mass is 19.4. The summed E-state index contributed by atoms with van der Waals surface area (Å²) in [5, 5.41) is 5.70. The summed E-state index contributed by atoms with van der Waals surface area (Å²) in [6.45, 7) is 0. The molecule has 184 valence electrons. The Bertz CT molecular complexity index is 1510. The molecular formula is C24H20F3N7O2. The minimum atomic E-state index is -4.72. The van der Waals surface area contributed by atoms with Crippen LogP contribution in [0.25, 0.3) is 16.7 Å². The zero-order chi connectivity index (χ0) is 25.6. The molecule has 0 saturated carbocycles. The molecule has 0 fully saturated rings. The van der Waals surface area contributed by atoms with Crippen molar-refractivity contribution in [1.29, 1.82) is 0 Å². The Hall–Kier alpha value is -4.48. The topological polar surface area (TPSA) is 105 Å². The first kappa shape index (κ1) is 23.3. The van der Waals surface area contributed by atoms with Gasteiger partial charge >= 0.3 is 6.18 Å². The second-order valence-corrected chi connectivity index (χ2v) is 8.26. The second kappa shape index (κ2) is 8.63. The number of aromatic nitrogens is 3. The van der Waals surface area contributed by atoms with E-state index in [9.17, 15) is 22.8 Å².